The van der Waals surface area contributed by atoms with Gasteiger partial charge in [-0.1, -0.05) is 29.3 Å². The zero-order valence-electron chi connectivity index (χ0n) is 19.5. The van der Waals surface area contributed by atoms with Crippen molar-refractivity contribution in [1.29, 1.82) is 0 Å². The summed E-state index contributed by atoms with van der Waals surface area (Å²) in [5, 5.41) is 4.21. The first kappa shape index (κ1) is 25.8. The first-order valence-electron chi connectivity index (χ1n) is 11.0. The van der Waals surface area contributed by atoms with Crippen LogP contribution in [0.2, 0.25) is 10.0 Å². The third kappa shape index (κ3) is 5.56. The highest BCUT2D eigenvalue weighted by Gasteiger charge is 2.44. The average Bonchev–Trinajstić information content (AvgIpc) is 3.09. The lowest BCUT2D eigenvalue weighted by Crippen LogP contribution is -2.37. The van der Waals surface area contributed by atoms with Crippen LogP contribution in [0, 0.1) is 0 Å². The molecule has 0 saturated carbocycles. The van der Waals surface area contributed by atoms with Crippen LogP contribution in [-0.4, -0.2) is 42.1 Å². The van der Waals surface area contributed by atoms with Crippen molar-refractivity contribution in [2.24, 2.45) is 0 Å². The SMILES string of the molecule is COc1ccc(CN2C(=S)N(c3ccc(Cl)cc3)C(=O)C2CC(=O)Nc2ccc(Cl)cc2)cc1OC. The zero-order chi connectivity index (χ0) is 25.8. The summed E-state index contributed by atoms with van der Waals surface area (Å²) in [6.07, 6.45) is -0.0982. The Kier molecular flexibility index (Phi) is 7.98. The smallest absolute Gasteiger partial charge is 0.256 e. The van der Waals surface area contributed by atoms with Gasteiger partial charge < -0.3 is 19.7 Å². The van der Waals surface area contributed by atoms with Gasteiger partial charge in [0.1, 0.15) is 6.04 Å². The molecular formula is C26H23Cl2N3O4S. The van der Waals surface area contributed by atoms with E-state index in [-0.39, 0.29) is 24.8 Å². The van der Waals surface area contributed by atoms with E-state index in [1.54, 1.807) is 73.7 Å². The molecule has 0 radical (unpaired) electrons. The fraction of sp³-hybridized carbons (Fsp3) is 0.192. The summed E-state index contributed by atoms with van der Waals surface area (Å²) in [5.41, 5.74) is 2.00. The number of anilines is 2. The molecule has 0 aliphatic carbocycles. The molecule has 1 saturated heterocycles. The molecule has 3 aromatic rings. The number of rotatable bonds is 8. The van der Waals surface area contributed by atoms with Crippen LogP contribution in [0.4, 0.5) is 11.4 Å². The van der Waals surface area contributed by atoms with E-state index in [0.29, 0.717) is 38.0 Å². The Morgan fingerprint density at radius 1 is 0.944 bits per heavy atom. The van der Waals surface area contributed by atoms with Gasteiger partial charge in [-0.05, 0) is 78.4 Å². The molecule has 3 aromatic carbocycles. The van der Waals surface area contributed by atoms with E-state index in [4.69, 9.17) is 44.9 Å². The van der Waals surface area contributed by atoms with Gasteiger partial charge in [0.05, 0.1) is 26.3 Å². The number of halogens is 2. The number of nitrogens with zero attached hydrogens (tertiary/aromatic N) is 2. The lowest BCUT2D eigenvalue weighted by atomic mass is 10.1. The molecule has 186 valence electrons. The molecule has 1 aliphatic rings. The third-order valence-electron chi connectivity index (χ3n) is 5.71. The number of hydrogen-bond donors (Lipinski definition) is 1. The summed E-state index contributed by atoms with van der Waals surface area (Å²) in [7, 11) is 3.11. The molecule has 0 spiro atoms. The van der Waals surface area contributed by atoms with Crippen molar-refractivity contribution in [3.8, 4) is 11.5 Å². The van der Waals surface area contributed by atoms with Crippen molar-refractivity contribution in [2.75, 3.05) is 24.4 Å². The Morgan fingerprint density at radius 3 is 2.17 bits per heavy atom. The molecule has 36 heavy (non-hydrogen) atoms. The molecule has 2 amide bonds. The minimum absolute atomic E-state index is 0.0982. The van der Waals surface area contributed by atoms with Crippen molar-refractivity contribution in [1.82, 2.24) is 4.90 Å². The number of thiocarbonyl (C=S) groups is 1. The molecular weight excluding hydrogens is 521 g/mol. The van der Waals surface area contributed by atoms with Gasteiger partial charge in [0.25, 0.3) is 5.91 Å². The van der Waals surface area contributed by atoms with Gasteiger partial charge in [0, 0.05) is 22.3 Å². The first-order valence-corrected chi connectivity index (χ1v) is 12.1. The van der Waals surface area contributed by atoms with Crippen LogP contribution < -0.4 is 19.7 Å². The number of carbonyl (C=O) groups excluding carboxylic acids is 2. The maximum absolute atomic E-state index is 13.6. The van der Waals surface area contributed by atoms with Crippen molar-refractivity contribution < 1.29 is 19.1 Å². The Morgan fingerprint density at radius 2 is 1.56 bits per heavy atom. The van der Waals surface area contributed by atoms with Crippen molar-refractivity contribution >= 4 is 63.7 Å². The predicted molar refractivity (Wildman–Crippen MR) is 145 cm³/mol. The van der Waals surface area contributed by atoms with Gasteiger partial charge in [-0.2, -0.15) is 0 Å². The number of carbonyl (C=O) groups is 2. The quantitative estimate of drug-likeness (QED) is 0.376. The average molecular weight is 544 g/mol. The maximum Gasteiger partial charge on any atom is 0.256 e. The summed E-state index contributed by atoms with van der Waals surface area (Å²) < 4.78 is 10.7. The van der Waals surface area contributed by atoms with Crippen molar-refractivity contribution in [3.05, 3.63) is 82.3 Å². The standard InChI is InChI=1S/C26H23Cl2N3O4S/c1-34-22-12-3-16(13-23(22)35-2)15-30-21(14-24(32)29-19-8-4-17(27)5-9-19)25(33)31(26(30)36)20-10-6-18(28)7-11-20/h3-13,21H,14-15H2,1-2H3,(H,29,32). The van der Waals surface area contributed by atoms with Crippen LogP contribution in [0.3, 0.4) is 0 Å². The van der Waals surface area contributed by atoms with Gasteiger partial charge in [0.15, 0.2) is 16.6 Å². The zero-order valence-corrected chi connectivity index (χ0v) is 21.9. The fourth-order valence-corrected chi connectivity index (χ4v) is 4.58. The highest BCUT2D eigenvalue weighted by Crippen LogP contribution is 2.32. The predicted octanol–water partition coefficient (Wildman–Crippen LogP) is 5.54. The molecule has 1 atom stereocenters. The van der Waals surface area contributed by atoms with Crippen LogP contribution in [0.5, 0.6) is 11.5 Å². The summed E-state index contributed by atoms with van der Waals surface area (Å²) in [6, 6.07) is 18.2. The molecule has 1 fully saturated rings. The molecule has 1 heterocycles. The lowest BCUT2D eigenvalue weighted by molar-refractivity contribution is -0.124. The molecule has 10 heteroatoms. The molecule has 1 N–H and O–H groups in total. The monoisotopic (exact) mass is 543 g/mol. The Labute approximate surface area is 224 Å². The Bertz CT molecular complexity index is 1290. The summed E-state index contributed by atoms with van der Waals surface area (Å²) in [4.78, 5) is 29.7. The van der Waals surface area contributed by atoms with E-state index >= 15 is 0 Å². The van der Waals surface area contributed by atoms with E-state index in [2.05, 4.69) is 5.32 Å². The van der Waals surface area contributed by atoms with Gasteiger partial charge in [0.2, 0.25) is 5.91 Å². The van der Waals surface area contributed by atoms with Crippen molar-refractivity contribution in [2.45, 2.75) is 19.0 Å². The number of benzene rings is 3. The van der Waals surface area contributed by atoms with Gasteiger partial charge in [-0.3, -0.25) is 14.5 Å². The highest BCUT2D eigenvalue weighted by molar-refractivity contribution is 7.80. The molecule has 0 aromatic heterocycles. The summed E-state index contributed by atoms with van der Waals surface area (Å²) in [6.45, 7) is 0.286. The Balaban J connectivity index is 1.62. The first-order chi connectivity index (χ1) is 17.3. The van der Waals surface area contributed by atoms with Crippen LogP contribution in [0.25, 0.3) is 0 Å². The molecule has 1 aliphatic heterocycles. The molecule has 7 nitrogen and oxygen atoms in total. The number of ether oxygens (including phenoxy) is 2. The molecule has 4 rings (SSSR count). The topological polar surface area (TPSA) is 71.1 Å². The normalized spacial score (nSPS) is 15.3. The van der Waals surface area contributed by atoms with E-state index in [1.165, 1.54) is 4.90 Å². The minimum atomic E-state index is -0.812. The van der Waals surface area contributed by atoms with Gasteiger partial charge >= 0.3 is 0 Å². The van der Waals surface area contributed by atoms with Crippen LogP contribution in [0.1, 0.15) is 12.0 Å². The van der Waals surface area contributed by atoms with Crippen LogP contribution in [0.15, 0.2) is 66.7 Å². The highest BCUT2D eigenvalue weighted by atomic mass is 35.5. The third-order valence-corrected chi connectivity index (χ3v) is 6.63. The van der Waals surface area contributed by atoms with Crippen LogP contribution in [-0.2, 0) is 16.1 Å². The Hall–Kier alpha value is -3.33. The second-order valence-electron chi connectivity index (χ2n) is 8.02. The number of amides is 2. The number of hydrogen-bond acceptors (Lipinski definition) is 5. The van der Waals surface area contributed by atoms with E-state index < -0.39 is 6.04 Å². The molecule has 0 bridgehead atoms. The number of nitrogens with one attached hydrogen (secondary N) is 1. The lowest BCUT2D eigenvalue weighted by Gasteiger charge is -2.24. The minimum Gasteiger partial charge on any atom is -0.493 e. The second-order valence-corrected chi connectivity index (χ2v) is 9.26. The van der Waals surface area contributed by atoms with Crippen LogP contribution >= 0.6 is 35.4 Å². The van der Waals surface area contributed by atoms with Gasteiger partial charge in [-0.15, -0.1) is 0 Å². The number of methoxy groups -OCH3 is 2. The maximum atomic E-state index is 13.6. The largest absolute Gasteiger partial charge is 0.493 e. The van der Waals surface area contributed by atoms with E-state index in [9.17, 15) is 9.59 Å². The van der Waals surface area contributed by atoms with Gasteiger partial charge in [-0.25, -0.2) is 0 Å². The summed E-state index contributed by atoms with van der Waals surface area (Å²) >= 11 is 17.7. The molecule has 1 unspecified atom stereocenters. The summed E-state index contributed by atoms with van der Waals surface area (Å²) in [5.74, 6) is 0.517. The van der Waals surface area contributed by atoms with Crippen molar-refractivity contribution in [3.63, 3.8) is 0 Å². The van der Waals surface area contributed by atoms with E-state index in [0.717, 1.165) is 5.56 Å². The van der Waals surface area contributed by atoms with E-state index in [1.807, 2.05) is 12.1 Å². The second kappa shape index (κ2) is 11.2. The fourth-order valence-electron chi connectivity index (χ4n) is 3.94.